The Bertz CT molecular complexity index is 213. The average molecular weight is 158 g/mol. The molecule has 1 aliphatic rings. The maximum atomic E-state index is 5.73. The van der Waals surface area contributed by atoms with Crippen LogP contribution in [-0.2, 0) is 0 Å². The van der Waals surface area contributed by atoms with Crippen LogP contribution in [0.4, 0.5) is 0 Å². The molecule has 0 radical (unpaired) electrons. The number of rotatable bonds is 0. The summed E-state index contributed by atoms with van der Waals surface area (Å²) >= 11 is 5.73. The van der Waals surface area contributed by atoms with Gasteiger partial charge in [-0.05, 0) is 5.92 Å². The standard InChI is InChI=1S/C6H8ClN3/c1-10-5(7)4-9-3-2-6(10)8/h4,6,9H,8H2,1H3. The molecule has 4 heteroatoms. The summed E-state index contributed by atoms with van der Waals surface area (Å²) in [5.74, 6) is 2.73. The van der Waals surface area contributed by atoms with Crippen LogP contribution in [0.15, 0.2) is 11.4 Å². The van der Waals surface area contributed by atoms with Crippen LogP contribution >= 0.6 is 11.6 Å². The molecule has 1 unspecified atom stereocenters. The number of hydrogen-bond donors (Lipinski definition) is 2. The van der Waals surface area contributed by atoms with Crippen LogP contribution in [-0.4, -0.2) is 18.1 Å². The Kier molecular flexibility index (Phi) is 2.05. The first-order valence-electron chi connectivity index (χ1n) is 2.82. The van der Waals surface area contributed by atoms with Crippen LogP contribution in [0.25, 0.3) is 0 Å². The molecule has 0 bridgehead atoms. The van der Waals surface area contributed by atoms with Gasteiger partial charge < -0.3 is 16.0 Å². The lowest BCUT2D eigenvalue weighted by atomic mass is 10.5. The van der Waals surface area contributed by atoms with Crippen LogP contribution in [0.2, 0.25) is 0 Å². The second-order valence-electron chi connectivity index (χ2n) is 1.94. The van der Waals surface area contributed by atoms with E-state index in [9.17, 15) is 0 Å². The first kappa shape index (κ1) is 7.26. The molecular formula is C6H8ClN3. The van der Waals surface area contributed by atoms with Crippen molar-refractivity contribution >= 4 is 11.6 Å². The van der Waals surface area contributed by atoms with Gasteiger partial charge >= 0.3 is 0 Å². The highest BCUT2D eigenvalue weighted by molar-refractivity contribution is 6.29. The minimum atomic E-state index is -0.321. The van der Waals surface area contributed by atoms with E-state index in [2.05, 4.69) is 17.3 Å². The van der Waals surface area contributed by atoms with Crippen LogP contribution in [0, 0.1) is 12.0 Å². The first-order valence-corrected chi connectivity index (χ1v) is 3.20. The van der Waals surface area contributed by atoms with Gasteiger partial charge in [0, 0.05) is 19.3 Å². The van der Waals surface area contributed by atoms with Crippen LogP contribution in [0.3, 0.4) is 0 Å². The number of hydrogen-bond acceptors (Lipinski definition) is 3. The predicted octanol–water partition coefficient (Wildman–Crippen LogP) is -0.195. The number of nitrogens with one attached hydrogen (secondary N) is 1. The van der Waals surface area contributed by atoms with Gasteiger partial charge in [-0.1, -0.05) is 11.6 Å². The molecule has 0 aromatic rings. The molecule has 0 aromatic carbocycles. The minimum absolute atomic E-state index is 0.321. The van der Waals surface area contributed by atoms with Crippen molar-refractivity contribution in [2.45, 2.75) is 6.17 Å². The molecule has 10 heavy (non-hydrogen) atoms. The van der Waals surface area contributed by atoms with E-state index >= 15 is 0 Å². The van der Waals surface area contributed by atoms with Gasteiger partial charge in [0.15, 0.2) is 0 Å². The Hall–Kier alpha value is -0.850. The van der Waals surface area contributed by atoms with Gasteiger partial charge in [0.1, 0.15) is 11.3 Å². The molecule has 1 aliphatic heterocycles. The number of nitrogens with two attached hydrogens (primary N) is 1. The molecule has 1 rings (SSSR count). The van der Waals surface area contributed by atoms with Gasteiger partial charge in [0.05, 0.1) is 0 Å². The minimum Gasteiger partial charge on any atom is -0.338 e. The van der Waals surface area contributed by atoms with E-state index < -0.39 is 0 Å². The van der Waals surface area contributed by atoms with Gasteiger partial charge in [-0.3, -0.25) is 0 Å². The molecule has 54 valence electrons. The Morgan fingerprint density at radius 1 is 1.90 bits per heavy atom. The molecule has 1 atom stereocenters. The fourth-order valence-corrected chi connectivity index (χ4v) is 0.702. The highest BCUT2D eigenvalue weighted by atomic mass is 35.5. The highest BCUT2D eigenvalue weighted by Gasteiger charge is 2.09. The number of nitrogens with zero attached hydrogens (tertiary/aromatic N) is 1. The third-order valence-corrected chi connectivity index (χ3v) is 1.61. The van der Waals surface area contributed by atoms with Crippen LogP contribution in [0.1, 0.15) is 0 Å². The van der Waals surface area contributed by atoms with Crippen LogP contribution in [0.5, 0.6) is 0 Å². The molecule has 0 aliphatic carbocycles. The molecule has 3 nitrogen and oxygen atoms in total. The molecule has 0 fully saturated rings. The molecule has 3 N–H and O–H groups in total. The fraction of sp³-hybridized carbons (Fsp3) is 0.333. The van der Waals surface area contributed by atoms with E-state index in [0.29, 0.717) is 5.16 Å². The molecule has 1 heterocycles. The smallest absolute Gasteiger partial charge is 0.143 e. The highest BCUT2D eigenvalue weighted by Crippen LogP contribution is 2.07. The molecule has 0 aromatic heterocycles. The van der Waals surface area contributed by atoms with Crippen LogP contribution < -0.4 is 11.1 Å². The van der Waals surface area contributed by atoms with E-state index in [1.54, 1.807) is 18.1 Å². The summed E-state index contributed by atoms with van der Waals surface area (Å²) in [4.78, 5) is 1.68. The molecule has 0 saturated heterocycles. The fourth-order valence-electron chi connectivity index (χ4n) is 0.543. The van der Waals surface area contributed by atoms with Crippen molar-refractivity contribution in [2.24, 2.45) is 5.73 Å². The van der Waals surface area contributed by atoms with Crippen molar-refractivity contribution in [3.8, 4) is 12.0 Å². The monoisotopic (exact) mass is 157 g/mol. The molecular weight excluding hydrogens is 150 g/mol. The zero-order chi connectivity index (χ0) is 7.56. The largest absolute Gasteiger partial charge is 0.338 e. The lowest BCUT2D eigenvalue weighted by molar-refractivity contribution is 0.393. The molecule has 0 amide bonds. The molecule has 0 saturated carbocycles. The van der Waals surface area contributed by atoms with E-state index in [1.165, 1.54) is 0 Å². The van der Waals surface area contributed by atoms with Gasteiger partial charge in [-0.2, -0.15) is 0 Å². The first-order chi connectivity index (χ1) is 4.72. The summed E-state index contributed by atoms with van der Waals surface area (Å²) in [6.07, 6.45) is 1.28. The zero-order valence-corrected chi connectivity index (χ0v) is 6.31. The van der Waals surface area contributed by atoms with E-state index in [4.69, 9.17) is 17.3 Å². The normalized spacial score (nSPS) is 23.7. The van der Waals surface area contributed by atoms with Gasteiger partial charge in [0.2, 0.25) is 0 Å². The van der Waals surface area contributed by atoms with Crippen molar-refractivity contribution in [3.63, 3.8) is 0 Å². The molecule has 0 spiro atoms. The SMILES string of the molecule is CN1C(Cl)=CNC#CC1N. The van der Waals surface area contributed by atoms with Crippen molar-refractivity contribution in [1.29, 1.82) is 0 Å². The lowest BCUT2D eigenvalue weighted by Crippen LogP contribution is -2.35. The second-order valence-corrected chi connectivity index (χ2v) is 2.32. The van der Waals surface area contributed by atoms with Crippen molar-refractivity contribution in [1.82, 2.24) is 10.2 Å². The van der Waals surface area contributed by atoms with E-state index in [0.717, 1.165) is 0 Å². The van der Waals surface area contributed by atoms with E-state index in [-0.39, 0.29) is 6.17 Å². The van der Waals surface area contributed by atoms with Gasteiger partial charge in [-0.25, -0.2) is 0 Å². The Balaban J connectivity index is 2.80. The maximum absolute atomic E-state index is 5.73. The predicted molar refractivity (Wildman–Crippen MR) is 40.6 cm³/mol. The van der Waals surface area contributed by atoms with Crippen molar-refractivity contribution < 1.29 is 0 Å². The second kappa shape index (κ2) is 2.82. The third-order valence-electron chi connectivity index (χ3n) is 1.24. The Morgan fingerprint density at radius 2 is 2.60 bits per heavy atom. The third kappa shape index (κ3) is 1.35. The number of halogens is 1. The lowest BCUT2D eigenvalue weighted by Gasteiger charge is -2.19. The topological polar surface area (TPSA) is 41.3 Å². The summed E-state index contributed by atoms with van der Waals surface area (Å²) in [5.41, 5.74) is 5.56. The Labute approximate surface area is 64.8 Å². The Morgan fingerprint density at radius 3 is 3.30 bits per heavy atom. The summed E-state index contributed by atoms with van der Waals surface area (Å²) < 4.78 is 0. The summed E-state index contributed by atoms with van der Waals surface area (Å²) in [5, 5.41) is 3.23. The summed E-state index contributed by atoms with van der Waals surface area (Å²) in [6, 6.07) is 2.63. The average Bonchev–Trinajstić information content (AvgIpc) is 2.04. The maximum Gasteiger partial charge on any atom is 0.143 e. The van der Waals surface area contributed by atoms with Gasteiger partial charge in [-0.15, -0.1) is 0 Å². The van der Waals surface area contributed by atoms with E-state index in [1.807, 2.05) is 0 Å². The van der Waals surface area contributed by atoms with Gasteiger partial charge in [0.25, 0.3) is 0 Å². The van der Waals surface area contributed by atoms with Crippen molar-refractivity contribution in [2.75, 3.05) is 7.05 Å². The summed E-state index contributed by atoms with van der Waals surface area (Å²) in [6.45, 7) is 0. The summed E-state index contributed by atoms with van der Waals surface area (Å²) in [7, 11) is 1.78. The zero-order valence-electron chi connectivity index (χ0n) is 5.56. The quantitative estimate of drug-likeness (QED) is 0.378. The van der Waals surface area contributed by atoms with Crippen molar-refractivity contribution in [3.05, 3.63) is 11.4 Å².